The molecule has 0 aromatic carbocycles. The standard InChI is InChI=1S/C15H28.C2H6/c1-5-14-8-10-15(11-9-14)13(4)7-6-12(2)3;1-2/h5,12-15H,1,6-11H2,2-4H3;1-2H3. The summed E-state index contributed by atoms with van der Waals surface area (Å²) in [7, 11) is 0. The lowest BCUT2D eigenvalue weighted by Gasteiger charge is -2.31. The van der Waals surface area contributed by atoms with Gasteiger partial charge in [-0.3, -0.25) is 0 Å². The first-order valence-corrected chi connectivity index (χ1v) is 7.76. The lowest BCUT2D eigenvalue weighted by Crippen LogP contribution is -2.19. The van der Waals surface area contributed by atoms with Gasteiger partial charge in [-0.1, -0.05) is 53.5 Å². The summed E-state index contributed by atoms with van der Waals surface area (Å²) >= 11 is 0. The number of allylic oxidation sites excluding steroid dienone is 1. The van der Waals surface area contributed by atoms with Gasteiger partial charge in [0.1, 0.15) is 0 Å². The predicted octanol–water partition coefficient (Wildman–Crippen LogP) is 6.08. The van der Waals surface area contributed by atoms with Crippen LogP contribution in [0, 0.1) is 23.7 Å². The second-order valence-electron chi connectivity index (χ2n) is 5.86. The molecule has 0 bridgehead atoms. The molecule has 0 N–H and O–H groups in total. The van der Waals surface area contributed by atoms with Gasteiger partial charge in [-0.25, -0.2) is 0 Å². The maximum absolute atomic E-state index is 3.91. The Balaban J connectivity index is 0.00000121. The molecule has 102 valence electrons. The van der Waals surface area contributed by atoms with Crippen molar-refractivity contribution in [3.8, 4) is 0 Å². The molecule has 0 saturated heterocycles. The molecule has 0 aromatic heterocycles. The first kappa shape index (κ1) is 16.7. The topological polar surface area (TPSA) is 0 Å². The molecule has 0 aliphatic heterocycles. The number of rotatable bonds is 5. The van der Waals surface area contributed by atoms with Crippen LogP contribution < -0.4 is 0 Å². The van der Waals surface area contributed by atoms with E-state index in [1.807, 2.05) is 13.8 Å². The Bertz CT molecular complexity index is 172. The Kier molecular flexibility index (Phi) is 9.59. The molecule has 0 nitrogen and oxygen atoms in total. The second kappa shape index (κ2) is 9.74. The quantitative estimate of drug-likeness (QED) is 0.509. The van der Waals surface area contributed by atoms with E-state index < -0.39 is 0 Å². The first-order valence-electron chi connectivity index (χ1n) is 7.76. The van der Waals surface area contributed by atoms with Crippen molar-refractivity contribution in [1.29, 1.82) is 0 Å². The summed E-state index contributed by atoms with van der Waals surface area (Å²) < 4.78 is 0. The van der Waals surface area contributed by atoms with Gasteiger partial charge in [0.15, 0.2) is 0 Å². The minimum Gasteiger partial charge on any atom is -0.103 e. The third-order valence-corrected chi connectivity index (χ3v) is 4.15. The molecular weight excluding hydrogens is 204 g/mol. The van der Waals surface area contributed by atoms with Crippen molar-refractivity contribution in [2.75, 3.05) is 0 Å². The molecule has 1 rings (SSSR count). The molecule has 1 aliphatic rings. The molecule has 0 spiro atoms. The lowest BCUT2D eigenvalue weighted by molar-refractivity contribution is 0.219. The molecule has 0 amide bonds. The minimum absolute atomic E-state index is 0.818. The van der Waals surface area contributed by atoms with E-state index in [4.69, 9.17) is 0 Å². The Morgan fingerprint density at radius 2 is 1.53 bits per heavy atom. The van der Waals surface area contributed by atoms with Crippen LogP contribution in [0.3, 0.4) is 0 Å². The van der Waals surface area contributed by atoms with Crippen LogP contribution in [0.5, 0.6) is 0 Å². The van der Waals surface area contributed by atoms with Crippen LogP contribution in [-0.2, 0) is 0 Å². The third kappa shape index (κ3) is 6.91. The summed E-state index contributed by atoms with van der Waals surface area (Å²) in [6, 6.07) is 0. The SMILES string of the molecule is C=CC1CCC(C(C)CCC(C)C)CC1.CC. The van der Waals surface area contributed by atoms with Crippen LogP contribution in [-0.4, -0.2) is 0 Å². The zero-order valence-electron chi connectivity index (χ0n) is 12.8. The maximum Gasteiger partial charge on any atom is -0.0236 e. The van der Waals surface area contributed by atoms with Crippen molar-refractivity contribution in [2.45, 2.75) is 73.1 Å². The van der Waals surface area contributed by atoms with Gasteiger partial charge in [0, 0.05) is 0 Å². The van der Waals surface area contributed by atoms with Crippen molar-refractivity contribution in [3.63, 3.8) is 0 Å². The maximum atomic E-state index is 3.91. The summed E-state index contributed by atoms with van der Waals surface area (Å²) in [4.78, 5) is 0. The van der Waals surface area contributed by atoms with Gasteiger partial charge in [-0.05, 0) is 49.4 Å². The molecule has 17 heavy (non-hydrogen) atoms. The molecular formula is C17H34. The fourth-order valence-electron chi connectivity index (χ4n) is 2.78. The van der Waals surface area contributed by atoms with Gasteiger partial charge < -0.3 is 0 Å². The van der Waals surface area contributed by atoms with Gasteiger partial charge in [0.05, 0.1) is 0 Å². The fourth-order valence-corrected chi connectivity index (χ4v) is 2.78. The van der Waals surface area contributed by atoms with E-state index in [1.54, 1.807) is 0 Å². The highest BCUT2D eigenvalue weighted by Gasteiger charge is 2.23. The molecule has 0 aromatic rings. The van der Waals surface area contributed by atoms with Crippen molar-refractivity contribution in [2.24, 2.45) is 23.7 Å². The monoisotopic (exact) mass is 238 g/mol. The zero-order chi connectivity index (χ0) is 13.3. The summed E-state index contributed by atoms with van der Waals surface area (Å²) in [5.41, 5.74) is 0. The molecule has 0 heterocycles. The van der Waals surface area contributed by atoms with Crippen molar-refractivity contribution in [3.05, 3.63) is 12.7 Å². The van der Waals surface area contributed by atoms with Crippen LogP contribution in [0.2, 0.25) is 0 Å². The average Bonchev–Trinajstić information content (AvgIpc) is 2.38. The van der Waals surface area contributed by atoms with Gasteiger partial charge >= 0.3 is 0 Å². The number of hydrogen-bond acceptors (Lipinski definition) is 0. The zero-order valence-corrected chi connectivity index (χ0v) is 12.8. The Hall–Kier alpha value is -0.260. The average molecular weight is 238 g/mol. The molecule has 1 unspecified atom stereocenters. The van der Waals surface area contributed by atoms with Crippen LogP contribution in [0.15, 0.2) is 12.7 Å². The first-order chi connectivity index (χ1) is 8.13. The smallest absolute Gasteiger partial charge is 0.0236 e. The molecule has 0 heteroatoms. The lowest BCUT2D eigenvalue weighted by atomic mass is 9.75. The van der Waals surface area contributed by atoms with Crippen LogP contribution >= 0.6 is 0 Å². The summed E-state index contributed by atoms with van der Waals surface area (Å²) in [5.74, 6) is 3.63. The minimum atomic E-state index is 0.818. The van der Waals surface area contributed by atoms with E-state index >= 15 is 0 Å². The van der Waals surface area contributed by atoms with E-state index in [-0.39, 0.29) is 0 Å². The summed E-state index contributed by atoms with van der Waals surface area (Å²) in [6.07, 6.45) is 10.7. The predicted molar refractivity (Wildman–Crippen MR) is 80.2 cm³/mol. The normalized spacial score (nSPS) is 26.0. The van der Waals surface area contributed by atoms with Crippen LogP contribution in [0.1, 0.15) is 73.1 Å². The highest BCUT2D eigenvalue weighted by atomic mass is 14.3. The van der Waals surface area contributed by atoms with E-state index in [9.17, 15) is 0 Å². The van der Waals surface area contributed by atoms with Crippen LogP contribution in [0.25, 0.3) is 0 Å². The van der Waals surface area contributed by atoms with E-state index in [0.717, 1.165) is 23.7 Å². The van der Waals surface area contributed by atoms with E-state index in [1.165, 1.54) is 38.5 Å². The number of hydrogen-bond donors (Lipinski definition) is 0. The van der Waals surface area contributed by atoms with Gasteiger partial charge in [0.2, 0.25) is 0 Å². The van der Waals surface area contributed by atoms with Gasteiger partial charge in [0.25, 0.3) is 0 Å². The highest BCUT2D eigenvalue weighted by Crippen LogP contribution is 2.35. The highest BCUT2D eigenvalue weighted by molar-refractivity contribution is 4.85. The largest absolute Gasteiger partial charge is 0.103 e. The van der Waals surface area contributed by atoms with Gasteiger partial charge in [-0.15, -0.1) is 6.58 Å². The molecule has 1 fully saturated rings. The summed E-state index contributed by atoms with van der Waals surface area (Å²) in [6.45, 7) is 15.0. The third-order valence-electron chi connectivity index (χ3n) is 4.15. The van der Waals surface area contributed by atoms with Crippen LogP contribution in [0.4, 0.5) is 0 Å². The van der Waals surface area contributed by atoms with Crippen molar-refractivity contribution in [1.82, 2.24) is 0 Å². The van der Waals surface area contributed by atoms with Crippen molar-refractivity contribution < 1.29 is 0 Å². The molecule has 1 atom stereocenters. The Morgan fingerprint density at radius 1 is 1.00 bits per heavy atom. The van der Waals surface area contributed by atoms with E-state index in [0.29, 0.717) is 0 Å². The van der Waals surface area contributed by atoms with Gasteiger partial charge in [-0.2, -0.15) is 0 Å². The summed E-state index contributed by atoms with van der Waals surface area (Å²) in [5, 5.41) is 0. The van der Waals surface area contributed by atoms with Crippen molar-refractivity contribution >= 4 is 0 Å². The fraction of sp³-hybridized carbons (Fsp3) is 0.882. The second-order valence-corrected chi connectivity index (χ2v) is 5.86. The van der Waals surface area contributed by atoms with E-state index in [2.05, 4.69) is 33.4 Å². The molecule has 1 aliphatic carbocycles. The molecule has 0 radical (unpaired) electrons. The Morgan fingerprint density at radius 3 is 1.94 bits per heavy atom. The molecule has 1 saturated carbocycles. The Labute approximate surface area is 110 Å².